The molecule has 0 aliphatic rings. The highest BCUT2D eigenvalue weighted by atomic mass is 79.9. The van der Waals surface area contributed by atoms with Crippen LogP contribution in [0.5, 0.6) is 0 Å². The number of carbonyl (C=O) groups excluding carboxylic acids is 1. The number of amides is 1. The van der Waals surface area contributed by atoms with Crippen molar-refractivity contribution in [3.8, 4) is 0 Å². The summed E-state index contributed by atoms with van der Waals surface area (Å²) in [6.45, 7) is 4.38. The van der Waals surface area contributed by atoms with E-state index in [1.54, 1.807) is 18.2 Å². The van der Waals surface area contributed by atoms with Gasteiger partial charge in [-0.25, -0.2) is 4.39 Å². The van der Waals surface area contributed by atoms with Gasteiger partial charge in [0.05, 0.1) is 4.47 Å². The second kappa shape index (κ2) is 6.26. The lowest BCUT2D eigenvalue weighted by Gasteiger charge is -2.13. The fraction of sp³-hybridized carbons (Fsp3) is 0.188. The maximum absolute atomic E-state index is 13.6. The van der Waals surface area contributed by atoms with Crippen LogP contribution in [0.4, 0.5) is 10.1 Å². The molecule has 0 bridgehead atoms. The van der Waals surface area contributed by atoms with E-state index in [0.29, 0.717) is 16.6 Å². The summed E-state index contributed by atoms with van der Waals surface area (Å²) in [5.41, 5.74) is 9.43. The number of halogens is 2. The fourth-order valence-corrected chi connectivity index (χ4v) is 2.53. The second-order valence-electron chi connectivity index (χ2n) is 4.94. The molecule has 0 aliphatic carbocycles. The molecule has 0 radical (unpaired) electrons. The number of carbonyl (C=O) groups is 1. The first-order valence-electron chi connectivity index (χ1n) is 6.47. The number of nitrogens with one attached hydrogen (secondary N) is 1. The molecule has 0 aliphatic heterocycles. The van der Waals surface area contributed by atoms with E-state index in [2.05, 4.69) is 21.2 Å². The standard InChI is InChI=1S/C16H16BrFN2O/c1-9-5-11(16(19)21)3-4-12(9)8-20-15-7-14(18)13(17)6-10(15)2/h3-7,20H,8H2,1-2H3,(H2,19,21). The fourth-order valence-electron chi connectivity index (χ4n) is 2.07. The first kappa shape index (κ1) is 15.5. The van der Waals surface area contributed by atoms with Gasteiger partial charge >= 0.3 is 0 Å². The maximum Gasteiger partial charge on any atom is 0.248 e. The molecular weight excluding hydrogens is 335 g/mol. The first-order chi connectivity index (χ1) is 9.88. The molecule has 2 aromatic carbocycles. The van der Waals surface area contributed by atoms with Crippen LogP contribution in [0, 0.1) is 19.7 Å². The van der Waals surface area contributed by atoms with Crippen molar-refractivity contribution in [1.29, 1.82) is 0 Å². The van der Waals surface area contributed by atoms with Crippen LogP contribution in [0.25, 0.3) is 0 Å². The highest BCUT2D eigenvalue weighted by molar-refractivity contribution is 9.10. The van der Waals surface area contributed by atoms with Crippen LogP contribution in [-0.2, 0) is 6.54 Å². The summed E-state index contributed by atoms with van der Waals surface area (Å²) in [6.07, 6.45) is 0. The van der Waals surface area contributed by atoms with Crippen LogP contribution >= 0.6 is 15.9 Å². The lowest BCUT2D eigenvalue weighted by molar-refractivity contribution is 0.1000. The van der Waals surface area contributed by atoms with Gasteiger partial charge in [0, 0.05) is 17.8 Å². The Morgan fingerprint density at radius 2 is 1.95 bits per heavy atom. The van der Waals surface area contributed by atoms with E-state index in [-0.39, 0.29) is 5.82 Å². The van der Waals surface area contributed by atoms with E-state index in [1.165, 1.54) is 6.07 Å². The maximum atomic E-state index is 13.6. The summed E-state index contributed by atoms with van der Waals surface area (Å²) in [5.74, 6) is -0.743. The van der Waals surface area contributed by atoms with Gasteiger partial charge in [0.2, 0.25) is 5.91 Å². The van der Waals surface area contributed by atoms with Gasteiger partial charge in [-0.15, -0.1) is 0 Å². The first-order valence-corrected chi connectivity index (χ1v) is 7.26. The lowest BCUT2D eigenvalue weighted by atomic mass is 10.0. The Morgan fingerprint density at radius 1 is 1.24 bits per heavy atom. The van der Waals surface area contributed by atoms with Gasteiger partial charge in [0.25, 0.3) is 0 Å². The Bertz CT molecular complexity index is 701. The SMILES string of the molecule is Cc1cc(C(N)=O)ccc1CNc1cc(F)c(Br)cc1C. The zero-order valence-corrected chi connectivity index (χ0v) is 13.4. The molecule has 0 spiro atoms. The van der Waals surface area contributed by atoms with E-state index >= 15 is 0 Å². The predicted molar refractivity (Wildman–Crippen MR) is 85.9 cm³/mol. The van der Waals surface area contributed by atoms with Crippen molar-refractivity contribution in [3.63, 3.8) is 0 Å². The molecule has 0 saturated carbocycles. The Balaban J connectivity index is 2.17. The molecule has 0 aromatic heterocycles. The molecule has 0 atom stereocenters. The number of hydrogen-bond acceptors (Lipinski definition) is 2. The van der Waals surface area contributed by atoms with Gasteiger partial charge in [0.1, 0.15) is 5.82 Å². The Hall–Kier alpha value is -1.88. The van der Waals surface area contributed by atoms with Crippen molar-refractivity contribution >= 4 is 27.5 Å². The molecule has 0 fully saturated rings. The summed E-state index contributed by atoms with van der Waals surface area (Å²) in [4.78, 5) is 11.1. The van der Waals surface area contributed by atoms with Crippen molar-refractivity contribution in [1.82, 2.24) is 0 Å². The monoisotopic (exact) mass is 350 g/mol. The molecule has 2 rings (SSSR count). The van der Waals surface area contributed by atoms with Crippen LogP contribution in [0.2, 0.25) is 0 Å². The average Bonchev–Trinajstić information content (AvgIpc) is 2.42. The lowest BCUT2D eigenvalue weighted by Crippen LogP contribution is -2.12. The zero-order chi connectivity index (χ0) is 15.6. The Labute approximate surface area is 131 Å². The van der Waals surface area contributed by atoms with Gasteiger partial charge in [-0.3, -0.25) is 4.79 Å². The minimum atomic E-state index is -0.441. The van der Waals surface area contributed by atoms with Gasteiger partial charge < -0.3 is 11.1 Å². The smallest absolute Gasteiger partial charge is 0.248 e. The number of anilines is 1. The summed E-state index contributed by atoms with van der Waals surface area (Å²) in [6, 6.07) is 8.51. The molecule has 3 N–H and O–H groups in total. The van der Waals surface area contributed by atoms with Crippen LogP contribution in [0.1, 0.15) is 27.0 Å². The summed E-state index contributed by atoms with van der Waals surface area (Å²) >= 11 is 3.16. The molecular formula is C16H16BrFN2O. The van der Waals surface area contributed by atoms with Crippen LogP contribution in [-0.4, -0.2) is 5.91 Å². The zero-order valence-electron chi connectivity index (χ0n) is 11.8. The topological polar surface area (TPSA) is 55.1 Å². The largest absolute Gasteiger partial charge is 0.381 e. The van der Waals surface area contributed by atoms with Crippen LogP contribution in [0.3, 0.4) is 0 Å². The van der Waals surface area contributed by atoms with Gasteiger partial charge in [-0.05, 0) is 70.7 Å². The van der Waals surface area contributed by atoms with Crippen molar-refractivity contribution in [2.75, 3.05) is 5.32 Å². The van der Waals surface area contributed by atoms with E-state index in [9.17, 15) is 9.18 Å². The average molecular weight is 351 g/mol. The number of benzene rings is 2. The van der Waals surface area contributed by atoms with Crippen LogP contribution in [0.15, 0.2) is 34.8 Å². The normalized spacial score (nSPS) is 10.5. The van der Waals surface area contributed by atoms with Gasteiger partial charge in [-0.1, -0.05) is 6.07 Å². The Kier molecular flexibility index (Phi) is 4.63. The predicted octanol–water partition coefficient (Wildman–Crippen LogP) is 3.92. The summed E-state index contributed by atoms with van der Waals surface area (Å²) in [5, 5.41) is 3.21. The van der Waals surface area contributed by atoms with Crippen molar-refractivity contribution in [3.05, 3.63) is 62.9 Å². The molecule has 110 valence electrons. The molecule has 21 heavy (non-hydrogen) atoms. The summed E-state index contributed by atoms with van der Waals surface area (Å²) in [7, 11) is 0. The quantitative estimate of drug-likeness (QED) is 0.877. The third kappa shape index (κ3) is 3.61. The molecule has 1 amide bonds. The molecule has 3 nitrogen and oxygen atoms in total. The highest BCUT2D eigenvalue weighted by Crippen LogP contribution is 2.24. The number of primary amides is 1. The molecule has 0 saturated heterocycles. The van der Waals surface area contributed by atoms with E-state index in [0.717, 1.165) is 22.4 Å². The number of rotatable bonds is 4. The van der Waals surface area contributed by atoms with E-state index in [1.807, 2.05) is 19.9 Å². The molecule has 5 heteroatoms. The van der Waals surface area contributed by atoms with Crippen molar-refractivity contribution in [2.24, 2.45) is 5.73 Å². The van der Waals surface area contributed by atoms with Crippen molar-refractivity contribution < 1.29 is 9.18 Å². The molecule has 0 unspecified atom stereocenters. The third-order valence-corrected chi connectivity index (χ3v) is 3.97. The highest BCUT2D eigenvalue weighted by Gasteiger charge is 2.07. The molecule has 0 heterocycles. The van der Waals surface area contributed by atoms with Gasteiger partial charge in [-0.2, -0.15) is 0 Å². The van der Waals surface area contributed by atoms with E-state index < -0.39 is 5.91 Å². The second-order valence-corrected chi connectivity index (χ2v) is 5.79. The van der Waals surface area contributed by atoms with E-state index in [4.69, 9.17) is 5.73 Å². The van der Waals surface area contributed by atoms with Gasteiger partial charge in [0.15, 0.2) is 0 Å². The number of aryl methyl sites for hydroxylation is 2. The number of hydrogen-bond donors (Lipinski definition) is 2. The Morgan fingerprint density at radius 3 is 2.57 bits per heavy atom. The minimum absolute atomic E-state index is 0.302. The minimum Gasteiger partial charge on any atom is -0.381 e. The number of nitrogens with two attached hydrogens (primary N) is 1. The molecule has 2 aromatic rings. The van der Waals surface area contributed by atoms with Crippen LogP contribution < -0.4 is 11.1 Å². The summed E-state index contributed by atoms with van der Waals surface area (Å²) < 4.78 is 14.0. The third-order valence-electron chi connectivity index (χ3n) is 3.36. The van der Waals surface area contributed by atoms with Crippen molar-refractivity contribution in [2.45, 2.75) is 20.4 Å².